The monoisotopic (exact) mass is 416 g/mol. The molecule has 0 aliphatic carbocycles. The van der Waals surface area contributed by atoms with E-state index in [1.165, 1.54) is 0 Å². The molecule has 0 heterocycles. The SMILES string of the molecule is CCCCCCC(CCCCCCCCC(O)CCCC)S(=O)(=O)[O-].[K+]. The first-order valence-corrected chi connectivity index (χ1v) is 12.0. The molecular weight excluding hydrogens is 375 g/mol. The summed E-state index contributed by atoms with van der Waals surface area (Å²) in [5.41, 5.74) is 0. The third kappa shape index (κ3) is 18.9. The van der Waals surface area contributed by atoms with Gasteiger partial charge in [-0.3, -0.25) is 0 Å². The van der Waals surface area contributed by atoms with Crippen LogP contribution in [0.2, 0.25) is 0 Å². The molecule has 0 rings (SSSR count). The predicted molar refractivity (Wildman–Crippen MR) is 105 cm³/mol. The van der Waals surface area contributed by atoms with Crippen molar-refractivity contribution in [3.05, 3.63) is 0 Å². The summed E-state index contributed by atoms with van der Waals surface area (Å²) in [5, 5.41) is 9.09. The summed E-state index contributed by atoms with van der Waals surface area (Å²) >= 11 is 0. The maximum absolute atomic E-state index is 11.4. The van der Waals surface area contributed by atoms with Crippen LogP contribution in [-0.4, -0.2) is 29.4 Å². The molecule has 0 aliphatic rings. The zero-order valence-electron chi connectivity index (χ0n) is 17.5. The molecule has 0 spiro atoms. The Hall–Kier alpha value is 1.51. The third-order valence-electron chi connectivity index (χ3n) is 4.99. The largest absolute Gasteiger partial charge is 1.00 e. The Morgan fingerprint density at radius 3 is 1.54 bits per heavy atom. The smallest absolute Gasteiger partial charge is 0.748 e. The van der Waals surface area contributed by atoms with Crippen LogP contribution in [0.25, 0.3) is 0 Å². The molecule has 0 radical (unpaired) electrons. The fourth-order valence-corrected chi connectivity index (χ4v) is 4.19. The van der Waals surface area contributed by atoms with Gasteiger partial charge in [0.1, 0.15) is 0 Å². The summed E-state index contributed by atoms with van der Waals surface area (Å²) in [5.74, 6) is 0. The van der Waals surface area contributed by atoms with Crippen molar-refractivity contribution in [3.63, 3.8) is 0 Å². The molecule has 0 aliphatic heterocycles. The van der Waals surface area contributed by atoms with Crippen LogP contribution in [0.15, 0.2) is 0 Å². The Kier molecular flexibility index (Phi) is 22.6. The second-order valence-corrected chi connectivity index (χ2v) is 9.11. The van der Waals surface area contributed by atoms with Gasteiger partial charge in [-0.25, -0.2) is 8.42 Å². The van der Waals surface area contributed by atoms with Crippen LogP contribution in [0.5, 0.6) is 0 Å². The van der Waals surface area contributed by atoms with E-state index in [0.717, 1.165) is 89.9 Å². The quantitative estimate of drug-likeness (QED) is 0.212. The van der Waals surface area contributed by atoms with Gasteiger partial charge in [0.25, 0.3) is 0 Å². The van der Waals surface area contributed by atoms with Gasteiger partial charge in [-0.1, -0.05) is 90.9 Å². The summed E-state index contributed by atoms with van der Waals surface area (Å²) < 4.78 is 34.1. The number of hydrogen-bond acceptors (Lipinski definition) is 4. The summed E-state index contributed by atoms with van der Waals surface area (Å²) in [6.07, 6.45) is 15.3. The molecule has 0 saturated carbocycles. The fraction of sp³-hybridized carbons (Fsp3) is 1.00. The van der Waals surface area contributed by atoms with Crippen LogP contribution >= 0.6 is 0 Å². The molecule has 26 heavy (non-hydrogen) atoms. The standard InChI is InChI=1S/C20H42O4S.K/c1-3-5-7-13-17-20(25(22,23)24)18-14-11-9-8-10-12-16-19(21)15-6-4-2;/h19-21H,3-18H2,1-2H3,(H,22,23,24);/q;+1/p-1. The van der Waals surface area contributed by atoms with Gasteiger partial charge in [0, 0.05) is 5.25 Å². The Bertz CT molecular complexity index is 387. The van der Waals surface area contributed by atoms with Crippen LogP contribution in [0.4, 0.5) is 0 Å². The molecule has 0 bridgehead atoms. The maximum Gasteiger partial charge on any atom is 1.00 e. The van der Waals surface area contributed by atoms with Crippen LogP contribution < -0.4 is 51.4 Å². The van der Waals surface area contributed by atoms with E-state index in [0.29, 0.717) is 12.8 Å². The van der Waals surface area contributed by atoms with E-state index >= 15 is 0 Å². The Balaban J connectivity index is 0. The molecule has 0 aromatic heterocycles. The number of hydrogen-bond donors (Lipinski definition) is 1. The molecule has 0 amide bonds. The average Bonchev–Trinajstić information content (AvgIpc) is 2.55. The van der Waals surface area contributed by atoms with Crippen molar-refractivity contribution in [3.8, 4) is 0 Å². The number of rotatable bonds is 18. The van der Waals surface area contributed by atoms with Gasteiger partial charge in [0.05, 0.1) is 16.2 Å². The normalized spacial score (nSPS) is 14.0. The molecule has 1 N–H and O–H groups in total. The third-order valence-corrected chi connectivity index (χ3v) is 6.28. The number of unbranched alkanes of at least 4 members (excludes halogenated alkanes) is 9. The Labute approximate surface area is 205 Å². The van der Waals surface area contributed by atoms with Crippen LogP contribution in [-0.2, 0) is 10.1 Å². The van der Waals surface area contributed by atoms with Crippen LogP contribution in [0.3, 0.4) is 0 Å². The van der Waals surface area contributed by atoms with Gasteiger partial charge in [-0.05, 0) is 25.7 Å². The summed E-state index contributed by atoms with van der Waals surface area (Å²) in [4.78, 5) is 0. The van der Waals surface area contributed by atoms with E-state index in [1.807, 2.05) is 0 Å². The van der Waals surface area contributed by atoms with Gasteiger partial charge in [-0.15, -0.1) is 0 Å². The minimum atomic E-state index is -4.15. The van der Waals surface area contributed by atoms with Crippen molar-refractivity contribution >= 4 is 10.1 Å². The molecule has 6 heteroatoms. The van der Waals surface area contributed by atoms with Crippen LogP contribution in [0.1, 0.15) is 117 Å². The van der Waals surface area contributed by atoms with Gasteiger partial charge in [-0.2, -0.15) is 0 Å². The zero-order chi connectivity index (χ0) is 19.0. The number of aliphatic hydroxyl groups is 1. The van der Waals surface area contributed by atoms with Gasteiger partial charge in [0.2, 0.25) is 0 Å². The van der Waals surface area contributed by atoms with E-state index in [9.17, 15) is 18.1 Å². The van der Waals surface area contributed by atoms with Gasteiger partial charge in [0.15, 0.2) is 0 Å². The molecule has 0 aromatic carbocycles. The second-order valence-electron chi connectivity index (χ2n) is 7.46. The zero-order valence-corrected chi connectivity index (χ0v) is 21.5. The predicted octanol–water partition coefficient (Wildman–Crippen LogP) is 2.55. The number of aliphatic hydroxyl groups excluding tert-OH is 1. The first-order chi connectivity index (χ1) is 11.9. The van der Waals surface area contributed by atoms with E-state index in [4.69, 9.17) is 0 Å². The van der Waals surface area contributed by atoms with Gasteiger partial charge >= 0.3 is 51.4 Å². The Morgan fingerprint density at radius 2 is 1.08 bits per heavy atom. The topological polar surface area (TPSA) is 77.4 Å². The van der Waals surface area contributed by atoms with Crippen molar-refractivity contribution in [1.82, 2.24) is 0 Å². The first kappa shape index (κ1) is 29.7. The van der Waals surface area contributed by atoms with Crippen molar-refractivity contribution < 1.29 is 69.5 Å². The van der Waals surface area contributed by atoms with E-state index in [2.05, 4.69) is 13.8 Å². The average molecular weight is 417 g/mol. The molecule has 0 saturated heterocycles. The second kappa shape index (κ2) is 19.8. The van der Waals surface area contributed by atoms with Crippen molar-refractivity contribution in [2.24, 2.45) is 0 Å². The van der Waals surface area contributed by atoms with Crippen molar-refractivity contribution in [1.29, 1.82) is 0 Å². The minimum absolute atomic E-state index is 0. The molecule has 4 nitrogen and oxygen atoms in total. The van der Waals surface area contributed by atoms with E-state index in [1.54, 1.807) is 0 Å². The molecule has 152 valence electrons. The van der Waals surface area contributed by atoms with Gasteiger partial charge < -0.3 is 9.66 Å². The summed E-state index contributed by atoms with van der Waals surface area (Å²) in [7, 11) is -4.15. The molecule has 2 atom stereocenters. The maximum atomic E-state index is 11.4. The van der Waals surface area contributed by atoms with E-state index in [-0.39, 0.29) is 57.5 Å². The van der Waals surface area contributed by atoms with E-state index < -0.39 is 15.4 Å². The summed E-state index contributed by atoms with van der Waals surface area (Å²) in [6.45, 7) is 4.26. The van der Waals surface area contributed by atoms with Crippen LogP contribution in [0, 0.1) is 0 Å². The molecule has 0 aromatic rings. The molecule has 2 unspecified atom stereocenters. The Morgan fingerprint density at radius 1 is 0.692 bits per heavy atom. The first-order valence-electron chi connectivity index (χ1n) is 10.5. The van der Waals surface area contributed by atoms with Crippen molar-refractivity contribution in [2.75, 3.05) is 0 Å². The molecule has 0 fully saturated rings. The molecular formula is C20H41KO4S. The van der Waals surface area contributed by atoms with Crippen molar-refractivity contribution in [2.45, 2.75) is 128 Å². The minimum Gasteiger partial charge on any atom is -0.748 e. The summed E-state index contributed by atoms with van der Waals surface area (Å²) in [6, 6.07) is 0. The fourth-order valence-electron chi connectivity index (χ4n) is 3.27.